The van der Waals surface area contributed by atoms with Crippen molar-refractivity contribution in [1.82, 2.24) is 5.32 Å². The van der Waals surface area contributed by atoms with Crippen molar-refractivity contribution in [3.63, 3.8) is 0 Å². The lowest BCUT2D eigenvalue weighted by Crippen LogP contribution is -2.47. The second kappa shape index (κ2) is 7.30. The molecule has 2 aliphatic carbocycles. The van der Waals surface area contributed by atoms with Gasteiger partial charge in [0.2, 0.25) is 0 Å². The van der Waals surface area contributed by atoms with E-state index < -0.39 is 18.1 Å². The van der Waals surface area contributed by atoms with E-state index in [9.17, 15) is 14.7 Å². The molecule has 0 unspecified atom stereocenters. The number of alkyl carbamates (subject to hydrolysis) is 1. The third kappa shape index (κ3) is 3.26. The molecular formula is C23H25NO4. The van der Waals surface area contributed by atoms with Gasteiger partial charge in [0.25, 0.3) is 0 Å². The van der Waals surface area contributed by atoms with Crippen molar-refractivity contribution in [1.29, 1.82) is 0 Å². The number of hydrogen-bond acceptors (Lipinski definition) is 3. The van der Waals surface area contributed by atoms with Gasteiger partial charge in [0.1, 0.15) is 12.6 Å². The summed E-state index contributed by atoms with van der Waals surface area (Å²) in [5.74, 6) is -1.02. The monoisotopic (exact) mass is 379 g/mol. The van der Waals surface area contributed by atoms with Gasteiger partial charge in [0, 0.05) is 11.3 Å². The molecule has 2 aromatic carbocycles. The van der Waals surface area contributed by atoms with E-state index in [1.54, 1.807) is 0 Å². The summed E-state index contributed by atoms with van der Waals surface area (Å²) in [6.45, 7) is 2.22. The average molecular weight is 379 g/mol. The van der Waals surface area contributed by atoms with Gasteiger partial charge < -0.3 is 15.2 Å². The van der Waals surface area contributed by atoms with Gasteiger partial charge in [-0.1, -0.05) is 61.9 Å². The van der Waals surface area contributed by atoms with Gasteiger partial charge in [-0.2, -0.15) is 0 Å². The van der Waals surface area contributed by atoms with Crippen molar-refractivity contribution in [3.8, 4) is 11.1 Å². The summed E-state index contributed by atoms with van der Waals surface area (Å²) in [5, 5.41) is 12.2. The molecule has 5 nitrogen and oxygen atoms in total. The molecule has 0 saturated heterocycles. The van der Waals surface area contributed by atoms with E-state index in [4.69, 9.17) is 4.74 Å². The first-order chi connectivity index (χ1) is 13.6. The van der Waals surface area contributed by atoms with Gasteiger partial charge in [0.15, 0.2) is 0 Å². The van der Waals surface area contributed by atoms with Crippen LogP contribution in [0.15, 0.2) is 48.5 Å². The van der Waals surface area contributed by atoms with Crippen molar-refractivity contribution < 1.29 is 19.4 Å². The van der Waals surface area contributed by atoms with Gasteiger partial charge in [-0.05, 0) is 41.5 Å². The Kier molecular flexibility index (Phi) is 4.84. The van der Waals surface area contributed by atoms with Crippen LogP contribution in [0.25, 0.3) is 11.1 Å². The van der Waals surface area contributed by atoms with Gasteiger partial charge in [-0.15, -0.1) is 0 Å². The molecule has 0 aromatic heterocycles. The van der Waals surface area contributed by atoms with Crippen molar-refractivity contribution in [2.24, 2.45) is 5.41 Å². The van der Waals surface area contributed by atoms with Gasteiger partial charge in [-0.3, -0.25) is 0 Å². The van der Waals surface area contributed by atoms with Crippen LogP contribution in [0.4, 0.5) is 4.79 Å². The first-order valence-corrected chi connectivity index (χ1v) is 9.90. The molecule has 1 atom stereocenters. The minimum absolute atomic E-state index is 0.0352. The maximum absolute atomic E-state index is 12.4. The Balaban J connectivity index is 1.46. The van der Waals surface area contributed by atoms with Gasteiger partial charge in [0.05, 0.1) is 0 Å². The molecule has 0 aliphatic heterocycles. The number of hydrogen-bond donors (Lipinski definition) is 2. The van der Waals surface area contributed by atoms with E-state index in [0.717, 1.165) is 47.9 Å². The van der Waals surface area contributed by atoms with Crippen LogP contribution in [-0.2, 0) is 9.53 Å². The fourth-order valence-corrected chi connectivity index (χ4v) is 4.58. The molecule has 2 N–H and O–H groups in total. The number of ether oxygens (including phenoxy) is 1. The van der Waals surface area contributed by atoms with Gasteiger partial charge >= 0.3 is 12.1 Å². The number of carbonyl (C=O) groups excluding carboxylic acids is 1. The van der Waals surface area contributed by atoms with Crippen LogP contribution in [0.1, 0.15) is 49.7 Å². The lowest BCUT2D eigenvalue weighted by atomic mass is 9.91. The highest BCUT2D eigenvalue weighted by atomic mass is 16.5. The highest BCUT2D eigenvalue weighted by Crippen LogP contribution is 2.52. The summed E-state index contributed by atoms with van der Waals surface area (Å²) < 4.78 is 5.51. The first-order valence-electron chi connectivity index (χ1n) is 9.90. The summed E-state index contributed by atoms with van der Waals surface area (Å²) in [7, 11) is 0. The standard InChI is InChI=1S/C23H25NO4/c1-2-11-23(12-13-23)20(21(25)26)24-22(27)28-14-19-17-9-5-3-7-15(17)16-8-4-6-10-18(16)19/h3-10,19-20H,2,11-14H2,1H3,(H,24,27)(H,25,26)/t20-/m0/s1. The predicted molar refractivity (Wildman–Crippen MR) is 106 cm³/mol. The summed E-state index contributed by atoms with van der Waals surface area (Å²) >= 11 is 0. The first kappa shape index (κ1) is 18.5. The van der Waals surface area contributed by atoms with E-state index in [-0.39, 0.29) is 17.9 Å². The second-order valence-corrected chi connectivity index (χ2v) is 7.85. The lowest BCUT2D eigenvalue weighted by molar-refractivity contribution is -0.141. The van der Waals surface area contributed by atoms with Crippen molar-refractivity contribution in [2.75, 3.05) is 6.61 Å². The highest BCUT2D eigenvalue weighted by Gasteiger charge is 2.52. The molecule has 4 rings (SSSR count). The fraction of sp³-hybridized carbons (Fsp3) is 0.391. The van der Waals surface area contributed by atoms with E-state index in [2.05, 4.69) is 29.6 Å². The van der Waals surface area contributed by atoms with Crippen LogP contribution < -0.4 is 5.32 Å². The zero-order valence-electron chi connectivity index (χ0n) is 16.0. The highest BCUT2D eigenvalue weighted by molar-refractivity contribution is 5.82. The van der Waals surface area contributed by atoms with E-state index in [0.29, 0.717) is 0 Å². The SMILES string of the molecule is CCCC1([C@@H](NC(=O)OCC2c3ccccc3-c3ccccc32)C(=O)O)CC1. The molecule has 1 amide bonds. The molecule has 1 fully saturated rings. The molecule has 0 radical (unpaired) electrons. The Hall–Kier alpha value is -2.82. The molecule has 146 valence electrons. The Morgan fingerprint density at radius 2 is 1.68 bits per heavy atom. The number of rotatable bonds is 7. The molecule has 0 spiro atoms. The Bertz CT molecular complexity index is 857. The summed E-state index contributed by atoms with van der Waals surface area (Å²) in [6, 6.07) is 15.4. The number of aliphatic carboxylic acids is 1. The molecule has 28 heavy (non-hydrogen) atoms. The molecule has 0 bridgehead atoms. The van der Waals surface area contributed by atoms with Crippen LogP contribution in [0.5, 0.6) is 0 Å². The second-order valence-electron chi connectivity index (χ2n) is 7.85. The van der Waals surface area contributed by atoms with Crippen LogP contribution >= 0.6 is 0 Å². The number of fused-ring (bicyclic) bond motifs is 3. The van der Waals surface area contributed by atoms with Crippen LogP contribution in [0.3, 0.4) is 0 Å². The number of benzene rings is 2. The summed E-state index contributed by atoms with van der Waals surface area (Å²) in [5.41, 5.74) is 4.28. The third-order valence-electron chi connectivity index (χ3n) is 6.11. The molecule has 1 saturated carbocycles. The number of carboxylic acid groups (broad SMARTS) is 1. The minimum Gasteiger partial charge on any atom is -0.480 e. The van der Waals surface area contributed by atoms with Crippen LogP contribution in [0.2, 0.25) is 0 Å². The topological polar surface area (TPSA) is 75.6 Å². The molecule has 2 aromatic rings. The van der Waals surface area contributed by atoms with E-state index in [1.807, 2.05) is 31.2 Å². The number of nitrogens with one attached hydrogen (secondary N) is 1. The lowest BCUT2D eigenvalue weighted by Gasteiger charge is -2.24. The summed E-state index contributed by atoms with van der Waals surface area (Å²) in [6.07, 6.45) is 2.71. The molecule has 5 heteroatoms. The summed E-state index contributed by atoms with van der Waals surface area (Å²) in [4.78, 5) is 24.1. The normalized spacial score (nSPS) is 17.3. The number of amides is 1. The van der Waals surface area contributed by atoms with Crippen molar-refractivity contribution in [2.45, 2.75) is 44.6 Å². The Labute approximate surface area is 164 Å². The quantitative estimate of drug-likeness (QED) is 0.739. The Morgan fingerprint density at radius 3 is 2.18 bits per heavy atom. The van der Waals surface area contributed by atoms with Crippen molar-refractivity contribution in [3.05, 3.63) is 59.7 Å². The predicted octanol–water partition coefficient (Wildman–Crippen LogP) is 4.56. The van der Waals surface area contributed by atoms with E-state index >= 15 is 0 Å². The molecule has 2 aliphatic rings. The molecular weight excluding hydrogens is 354 g/mol. The van der Waals surface area contributed by atoms with Crippen LogP contribution in [0, 0.1) is 5.41 Å². The van der Waals surface area contributed by atoms with Crippen LogP contribution in [-0.4, -0.2) is 29.8 Å². The van der Waals surface area contributed by atoms with Crippen molar-refractivity contribution >= 4 is 12.1 Å². The smallest absolute Gasteiger partial charge is 0.407 e. The Morgan fingerprint density at radius 1 is 1.11 bits per heavy atom. The zero-order valence-corrected chi connectivity index (χ0v) is 16.0. The third-order valence-corrected chi connectivity index (χ3v) is 6.11. The zero-order chi connectivity index (χ0) is 19.7. The largest absolute Gasteiger partial charge is 0.480 e. The number of carboxylic acids is 1. The maximum Gasteiger partial charge on any atom is 0.407 e. The van der Waals surface area contributed by atoms with Gasteiger partial charge in [-0.25, -0.2) is 9.59 Å². The maximum atomic E-state index is 12.4. The molecule has 0 heterocycles. The fourth-order valence-electron chi connectivity index (χ4n) is 4.58. The number of carbonyl (C=O) groups is 2. The average Bonchev–Trinajstić information content (AvgIpc) is 3.40. The van der Waals surface area contributed by atoms with E-state index in [1.165, 1.54) is 0 Å². The minimum atomic E-state index is -0.987.